The first-order chi connectivity index (χ1) is 16.4. The number of nitrogens with one attached hydrogen (secondary N) is 3. The number of amides is 1. The van der Waals surface area contributed by atoms with Crippen molar-refractivity contribution in [2.45, 2.75) is 20.4 Å². The highest BCUT2D eigenvalue weighted by Crippen LogP contribution is 2.38. The second-order valence-electron chi connectivity index (χ2n) is 8.06. The largest absolute Gasteiger partial charge is 0.364 e. The van der Waals surface area contributed by atoms with Gasteiger partial charge < -0.3 is 20.9 Å². The molecule has 1 aromatic carbocycles. The van der Waals surface area contributed by atoms with Crippen LogP contribution in [0.25, 0.3) is 5.69 Å². The van der Waals surface area contributed by atoms with Crippen molar-refractivity contribution in [3.63, 3.8) is 0 Å². The summed E-state index contributed by atoms with van der Waals surface area (Å²) in [5.41, 5.74) is 4.38. The van der Waals surface area contributed by atoms with Gasteiger partial charge in [-0.1, -0.05) is 12.1 Å². The van der Waals surface area contributed by atoms with E-state index in [2.05, 4.69) is 46.1 Å². The summed E-state index contributed by atoms with van der Waals surface area (Å²) in [7, 11) is 3.56. The number of aromatic nitrogens is 6. The second-order valence-corrected chi connectivity index (χ2v) is 8.06. The van der Waals surface area contributed by atoms with E-state index in [0.29, 0.717) is 23.9 Å². The maximum absolute atomic E-state index is 12.5. The molecule has 11 heteroatoms. The number of aryl methyl sites for hydroxylation is 2. The van der Waals surface area contributed by atoms with Crippen LogP contribution in [0.3, 0.4) is 0 Å². The lowest BCUT2D eigenvalue weighted by molar-refractivity contribution is 0.0958. The fraction of sp³-hybridized carbons (Fsp3) is 0.217. The number of fused-ring (bicyclic) bond motifs is 3. The first-order valence-corrected chi connectivity index (χ1v) is 10.8. The number of para-hydroxylation sites is 1. The minimum atomic E-state index is -0.345. The van der Waals surface area contributed by atoms with Crippen molar-refractivity contribution in [2.24, 2.45) is 0 Å². The van der Waals surface area contributed by atoms with E-state index in [4.69, 9.17) is 0 Å². The molecule has 5 rings (SSSR count). The number of hydrogen-bond donors (Lipinski definition) is 3. The van der Waals surface area contributed by atoms with Gasteiger partial charge in [0.2, 0.25) is 0 Å². The Hall–Kier alpha value is -4.54. The Balaban J connectivity index is 1.55. The molecule has 4 aromatic rings. The van der Waals surface area contributed by atoms with Gasteiger partial charge in [0.05, 0.1) is 29.3 Å². The van der Waals surface area contributed by atoms with Crippen molar-refractivity contribution in [1.29, 1.82) is 0 Å². The summed E-state index contributed by atoms with van der Waals surface area (Å²) >= 11 is 0. The van der Waals surface area contributed by atoms with Crippen molar-refractivity contribution >= 4 is 34.6 Å². The number of nitrogens with zero attached hydrogens (tertiary/aromatic N) is 7. The Morgan fingerprint density at radius 3 is 2.65 bits per heavy atom. The average Bonchev–Trinajstić information content (AvgIpc) is 3.20. The normalized spacial score (nSPS) is 12.1. The summed E-state index contributed by atoms with van der Waals surface area (Å²) in [6.45, 7) is 4.45. The predicted octanol–water partition coefficient (Wildman–Crippen LogP) is 2.87. The lowest BCUT2D eigenvalue weighted by Gasteiger charge is -2.29. The molecule has 3 N–H and O–H groups in total. The van der Waals surface area contributed by atoms with Crippen LogP contribution >= 0.6 is 0 Å². The summed E-state index contributed by atoms with van der Waals surface area (Å²) in [6.07, 6.45) is 1.76. The van der Waals surface area contributed by atoms with Crippen LogP contribution in [0.2, 0.25) is 0 Å². The molecule has 0 aliphatic carbocycles. The molecule has 0 spiro atoms. The van der Waals surface area contributed by atoms with E-state index in [1.807, 2.05) is 55.9 Å². The number of carbonyl (C=O) groups excluding carboxylic acids is 1. The minimum Gasteiger partial charge on any atom is -0.364 e. The number of benzene rings is 1. The van der Waals surface area contributed by atoms with Crippen LogP contribution < -0.4 is 20.9 Å². The van der Waals surface area contributed by atoms with Gasteiger partial charge in [0, 0.05) is 26.4 Å². The molecule has 1 amide bonds. The molecule has 0 fully saturated rings. The summed E-state index contributed by atoms with van der Waals surface area (Å²) in [6, 6.07) is 11.4. The monoisotopic (exact) mass is 456 g/mol. The number of pyridine rings is 1. The summed E-state index contributed by atoms with van der Waals surface area (Å²) in [4.78, 5) is 23.5. The topological polar surface area (TPSA) is 126 Å². The van der Waals surface area contributed by atoms with Gasteiger partial charge in [-0.2, -0.15) is 5.10 Å². The van der Waals surface area contributed by atoms with Gasteiger partial charge in [0.1, 0.15) is 11.6 Å². The van der Waals surface area contributed by atoms with Crippen molar-refractivity contribution in [2.75, 3.05) is 29.6 Å². The molecule has 1 aliphatic rings. The maximum Gasteiger partial charge on any atom is 0.273 e. The third-order valence-corrected chi connectivity index (χ3v) is 5.46. The highest BCUT2D eigenvalue weighted by Gasteiger charge is 2.25. The highest BCUT2D eigenvalue weighted by atomic mass is 16.1. The Morgan fingerprint density at radius 2 is 1.88 bits per heavy atom. The average molecular weight is 457 g/mol. The molecule has 0 atom stereocenters. The van der Waals surface area contributed by atoms with Crippen LogP contribution in [0.15, 0.2) is 42.6 Å². The number of rotatable bonds is 5. The van der Waals surface area contributed by atoms with Gasteiger partial charge in [0.25, 0.3) is 5.91 Å². The van der Waals surface area contributed by atoms with Crippen LogP contribution in [0.4, 0.5) is 28.7 Å². The van der Waals surface area contributed by atoms with E-state index in [-0.39, 0.29) is 11.6 Å². The van der Waals surface area contributed by atoms with Crippen molar-refractivity contribution in [1.82, 2.24) is 35.3 Å². The standard InChI is InChI=1S/C23H24N10O/c1-13-8-9-18(25-11-13)28-19-10-16(21(30-29-19)23(34)24-3)27-15-6-5-7-17-22(15)32(4)12-20-26-14(2)31-33(17)20/h5-11H,12H2,1-4H3,(H,24,34)(H2,25,27,28,29). The molecular weight excluding hydrogens is 432 g/mol. The Morgan fingerprint density at radius 1 is 1.03 bits per heavy atom. The van der Waals surface area contributed by atoms with Gasteiger partial charge in [-0.05, 0) is 37.6 Å². The zero-order valence-electron chi connectivity index (χ0n) is 19.3. The van der Waals surface area contributed by atoms with E-state index < -0.39 is 0 Å². The molecule has 3 aromatic heterocycles. The van der Waals surface area contributed by atoms with Gasteiger partial charge in [-0.15, -0.1) is 10.2 Å². The molecule has 172 valence electrons. The molecule has 0 saturated carbocycles. The van der Waals surface area contributed by atoms with Crippen LogP contribution in [-0.4, -0.2) is 49.9 Å². The lowest BCUT2D eigenvalue weighted by atomic mass is 10.1. The third kappa shape index (κ3) is 3.87. The lowest BCUT2D eigenvalue weighted by Crippen LogP contribution is -2.27. The Labute approximate surface area is 196 Å². The van der Waals surface area contributed by atoms with Gasteiger partial charge in [-0.25, -0.2) is 14.6 Å². The van der Waals surface area contributed by atoms with Crippen molar-refractivity contribution in [3.8, 4) is 5.69 Å². The Kier molecular flexibility index (Phi) is 5.28. The zero-order valence-corrected chi connectivity index (χ0v) is 19.3. The van der Waals surface area contributed by atoms with E-state index in [9.17, 15) is 4.79 Å². The first kappa shape index (κ1) is 21.3. The first-order valence-electron chi connectivity index (χ1n) is 10.8. The SMILES string of the molecule is CNC(=O)c1nnc(Nc2ccc(C)cn2)cc1Nc1cccc2c1N(C)Cc1nc(C)nn1-2. The fourth-order valence-corrected chi connectivity index (χ4v) is 3.90. The zero-order chi connectivity index (χ0) is 23.8. The van der Waals surface area contributed by atoms with E-state index in [1.54, 1.807) is 19.3 Å². The summed E-state index contributed by atoms with van der Waals surface area (Å²) in [5.74, 6) is 2.33. The van der Waals surface area contributed by atoms with Crippen LogP contribution in [-0.2, 0) is 6.54 Å². The van der Waals surface area contributed by atoms with Crippen LogP contribution in [0.5, 0.6) is 0 Å². The molecule has 4 heterocycles. The molecule has 34 heavy (non-hydrogen) atoms. The molecule has 0 saturated heterocycles. The number of hydrogen-bond acceptors (Lipinski definition) is 9. The molecule has 0 radical (unpaired) electrons. The second kappa shape index (κ2) is 8.43. The number of carbonyl (C=O) groups is 1. The summed E-state index contributed by atoms with van der Waals surface area (Å²) < 4.78 is 1.86. The van der Waals surface area contributed by atoms with E-state index in [0.717, 1.165) is 34.3 Å². The van der Waals surface area contributed by atoms with E-state index >= 15 is 0 Å². The van der Waals surface area contributed by atoms with Crippen molar-refractivity contribution in [3.05, 3.63) is 65.5 Å². The third-order valence-electron chi connectivity index (χ3n) is 5.46. The predicted molar refractivity (Wildman–Crippen MR) is 129 cm³/mol. The molecule has 11 nitrogen and oxygen atoms in total. The molecular formula is C23H24N10O. The Bertz CT molecular complexity index is 1380. The fourth-order valence-electron chi connectivity index (χ4n) is 3.90. The van der Waals surface area contributed by atoms with Crippen LogP contribution in [0.1, 0.15) is 27.7 Å². The molecule has 0 unspecified atom stereocenters. The maximum atomic E-state index is 12.5. The number of anilines is 5. The van der Waals surface area contributed by atoms with Crippen molar-refractivity contribution < 1.29 is 4.79 Å². The van der Waals surface area contributed by atoms with Gasteiger partial charge in [0.15, 0.2) is 17.3 Å². The van der Waals surface area contributed by atoms with E-state index in [1.165, 1.54) is 0 Å². The quantitative estimate of drug-likeness (QED) is 0.415. The molecule has 0 bridgehead atoms. The highest BCUT2D eigenvalue weighted by molar-refractivity contribution is 5.99. The van der Waals surface area contributed by atoms with Gasteiger partial charge >= 0.3 is 0 Å². The molecule has 1 aliphatic heterocycles. The smallest absolute Gasteiger partial charge is 0.273 e. The minimum absolute atomic E-state index is 0.179. The summed E-state index contributed by atoms with van der Waals surface area (Å²) in [5, 5.41) is 22.0. The van der Waals surface area contributed by atoms with Gasteiger partial charge in [-0.3, -0.25) is 4.79 Å². The van der Waals surface area contributed by atoms with Crippen LogP contribution in [0, 0.1) is 13.8 Å².